The van der Waals surface area contributed by atoms with E-state index in [9.17, 15) is 4.79 Å². The van der Waals surface area contributed by atoms with Crippen LogP contribution in [0.3, 0.4) is 0 Å². The van der Waals surface area contributed by atoms with Gasteiger partial charge in [0.25, 0.3) is 5.91 Å². The molecule has 5 heteroatoms. The molecule has 1 aliphatic heterocycles. The molecule has 2 atom stereocenters. The van der Waals surface area contributed by atoms with Crippen LogP contribution in [0.2, 0.25) is 0 Å². The van der Waals surface area contributed by atoms with E-state index in [1.165, 1.54) is 0 Å². The molecule has 0 aliphatic carbocycles. The highest BCUT2D eigenvalue weighted by molar-refractivity contribution is 5.96. The van der Waals surface area contributed by atoms with Crippen LogP contribution in [0.4, 0.5) is 5.69 Å². The minimum absolute atomic E-state index is 0. The van der Waals surface area contributed by atoms with Crippen molar-refractivity contribution < 1.29 is 9.53 Å². The van der Waals surface area contributed by atoms with Gasteiger partial charge in [-0.05, 0) is 44.4 Å². The molecule has 1 aromatic carbocycles. The summed E-state index contributed by atoms with van der Waals surface area (Å²) in [4.78, 5) is 12.2. The molecule has 2 unspecified atom stereocenters. The lowest BCUT2D eigenvalue weighted by Crippen LogP contribution is -2.41. The fraction of sp³-hybridized carbons (Fsp3) is 0.500. The Bertz CT molecular complexity index is 445. The maximum Gasteiger partial charge on any atom is 0.251 e. The average molecular weight is 285 g/mol. The summed E-state index contributed by atoms with van der Waals surface area (Å²) in [6.07, 6.45) is 2.22. The number of anilines is 1. The van der Waals surface area contributed by atoms with Crippen LogP contribution >= 0.6 is 12.4 Å². The third-order valence-electron chi connectivity index (χ3n) is 3.39. The molecule has 0 bridgehead atoms. The first kappa shape index (κ1) is 15.8. The predicted molar refractivity (Wildman–Crippen MR) is 78.7 cm³/mol. The van der Waals surface area contributed by atoms with Gasteiger partial charge in [0.15, 0.2) is 0 Å². The van der Waals surface area contributed by atoms with E-state index in [1.807, 2.05) is 19.9 Å². The van der Waals surface area contributed by atoms with Crippen molar-refractivity contribution in [1.29, 1.82) is 0 Å². The molecule has 1 heterocycles. The van der Waals surface area contributed by atoms with Crippen molar-refractivity contribution in [3.8, 4) is 0 Å². The summed E-state index contributed by atoms with van der Waals surface area (Å²) < 4.78 is 5.57. The van der Waals surface area contributed by atoms with Crippen LogP contribution in [-0.4, -0.2) is 24.7 Å². The Morgan fingerprint density at radius 3 is 2.89 bits per heavy atom. The summed E-state index contributed by atoms with van der Waals surface area (Å²) in [6, 6.07) is 5.41. The fourth-order valence-corrected chi connectivity index (χ4v) is 2.26. The van der Waals surface area contributed by atoms with Gasteiger partial charge in [-0.15, -0.1) is 12.4 Å². The van der Waals surface area contributed by atoms with Gasteiger partial charge in [0.2, 0.25) is 0 Å². The second kappa shape index (κ2) is 6.78. The van der Waals surface area contributed by atoms with E-state index in [0.29, 0.717) is 11.3 Å². The van der Waals surface area contributed by atoms with Crippen LogP contribution in [0.15, 0.2) is 18.2 Å². The van der Waals surface area contributed by atoms with E-state index in [-0.39, 0.29) is 30.5 Å². The van der Waals surface area contributed by atoms with Crippen molar-refractivity contribution in [2.75, 3.05) is 12.3 Å². The number of carbonyl (C=O) groups excluding carboxylic acids is 1. The Balaban J connectivity index is 0.00000180. The summed E-state index contributed by atoms with van der Waals surface area (Å²) in [7, 11) is 0. The fourth-order valence-electron chi connectivity index (χ4n) is 2.26. The molecule has 0 spiro atoms. The van der Waals surface area contributed by atoms with Gasteiger partial charge in [-0.1, -0.05) is 6.07 Å². The minimum atomic E-state index is -0.0807. The minimum Gasteiger partial charge on any atom is -0.399 e. The first-order valence-corrected chi connectivity index (χ1v) is 6.36. The molecule has 0 saturated carbocycles. The topological polar surface area (TPSA) is 64.4 Å². The van der Waals surface area contributed by atoms with Gasteiger partial charge in [-0.25, -0.2) is 0 Å². The number of halogens is 1. The van der Waals surface area contributed by atoms with Crippen LogP contribution in [0, 0.1) is 6.92 Å². The van der Waals surface area contributed by atoms with Crippen LogP contribution in [0.1, 0.15) is 35.7 Å². The normalized spacial score (nSPS) is 19.6. The largest absolute Gasteiger partial charge is 0.399 e. The SMILES string of the molecule is Cc1ccc(N)cc1C(=O)NC(C)C1CCCO1.Cl. The van der Waals surface area contributed by atoms with E-state index in [4.69, 9.17) is 10.5 Å². The molecule has 1 saturated heterocycles. The molecule has 2 rings (SSSR count). The second-order valence-electron chi connectivity index (χ2n) is 4.89. The number of hydrogen-bond acceptors (Lipinski definition) is 3. The van der Waals surface area contributed by atoms with Gasteiger partial charge in [0.05, 0.1) is 12.1 Å². The molecule has 0 radical (unpaired) electrons. The third-order valence-corrected chi connectivity index (χ3v) is 3.39. The standard InChI is InChI=1S/C14H20N2O2.ClH/c1-9-5-6-11(15)8-12(9)14(17)16-10(2)13-4-3-7-18-13;/h5-6,8,10,13H,3-4,7,15H2,1-2H3,(H,16,17);1H. The summed E-state index contributed by atoms with van der Waals surface area (Å²) in [5.41, 5.74) is 7.89. The van der Waals surface area contributed by atoms with Crippen molar-refractivity contribution in [1.82, 2.24) is 5.32 Å². The third kappa shape index (κ3) is 3.85. The highest BCUT2D eigenvalue weighted by Gasteiger charge is 2.24. The quantitative estimate of drug-likeness (QED) is 0.837. The zero-order valence-corrected chi connectivity index (χ0v) is 12.1. The Hall–Kier alpha value is -1.26. The predicted octanol–water partition coefficient (Wildman–Crippen LogP) is 2.30. The van der Waals surface area contributed by atoms with Gasteiger partial charge in [0, 0.05) is 17.9 Å². The number of rotatable bonds is 3. The van der Waals surface area contributed by atoms with E-state index >= 15 is 0 Å². The summed E-state index contributed by atoms with van der Waals surface area (Å²) in [5, 5.41) is 2.99. The van der Waals surface area contributed by atoms with E-state index in [0.717, 1.165) is 25.0 Å². The summed E-state index contributed by atoms with van der Waals surface area (Å²) in [5.74, 6) is -0.0807. The van der Waals surface area contributed by atoms with E-state index in [2.05, 4.69) is 5.32 Å². The monoisotopic (exact) mass is 284 g/mol. The first-order chi connectivity index (χ1) is 8.58. The molecule has 106 valence electrons. The van der Waals surface area contributed by atoms with Crippen LogP contribution in [-0.2, 0) is 4.74 Å². The van der Waals surface area contributed by atoms with E-state index < -0.39 is 0 Å². The highest BCUT2D eigenvalue weighted by atomic mass is 35.5. The number of carbonyl (C=O) groups is 1. The van der Waals surface area contributed by atoms with Gasteiger partial charge in [-0.3, -0.25) is 4.79 Å². The zero-order valence-electron chi connectivity index (χ0n) is 11.3. The summed E-state index contributed by atoms with van der Waals surface area (Å²) in [6.45, 7) is 4.68. The highest BCUT2D eigenvalue weighted by Crippen LogP contribution is 2.17. The number of nitrogens with one attached hydrogen (secondary N) is 1. The lowest BCUT2D eigenvalue weighted by Gasteiger charge is -2.20. The van der Waals surface area contributed by atoms with Crippen molar-refractivity contribution in [3.63, 3.8) is 0 Å². The van der Waals surface area contributed by atoms with Crippen molar-refractivity contribution in [2.24, 2.45) is 0 Å². The van der Waals surface area contributed by atoms with Crippen molar-refractivity contribution in [3.05, 3.63) is 29.3 Å². The molecule has 1 fully saturated rings. The van der Waals surface area contributed by atoms with Gasteiger partial charge in [-0.2, -0.15) is 0 Å². The number of nitrogen functional groups attached to an aromatic ring is 1. The van der Waals surface area contributed by atoms with Crippen molar-refractivity contribution >= 4 is 24.0 Å². The van der Waals surface area contributed by atoms with Crippen LogP contribution in [0.25, 0.3) is 0 Å². The maximum absolute atomic E-state index is 12.2. The Morgan fingerprint density at radius 2 is 2.26 bits per heavy atom. The molecular weight excluding hydrogens is 264 g/mol. The van der Waals surface area contributed by atoms with Crippen LogP contribution < -0.4 is 11.1 Å². The smallest absolute Gasteiger partial charge is 0.251 e. The Labute approximate surface area is 120 Å². The van der Waals surface area contributed by atoms with Gasteiger partial charge in [0.1, 0.15) is 0 Å². The lowest BCUT2D eigenvalue weighted by atomic mass is 10.1. The lowest BCUT2D eigenvalue weighted by molar-refractivity contribution is 0.0712. The molecule has 0 aromatic heterocycles. The Morgan fingerprint density at radius 1 is 1.53 bits per heavy atom. The van der Waals surface area contributed by atoms with Gasteiger partial charge < -0.3 is 15.8 Å². The summed E-state index contributed by atoms with van der Waals surface area (Å²) >= 11 is 0. The molecule has 1 amide bonds. The van der Waals surface area contributed by atoms with E-state index in [1.54, 1.807) is 12.1 Å². The molecule has 4 nitrogen and oxygen atoms in total. The first-order valence-electron chi connectivity index (χ1n) is 6.36. The van der Waals surface area contributed by atoms with Crippen molar-refractivity contribution in [2.45, 2.75) is 38.8 Å². The molecule has 3 N–H and O–H groups in total. The number of nitrogens with two attached hydrogens (primary N) is 1. The molecule has 1 aromatic rings. The number of ether oxygens (including phenoxy) is 1. The number of amides is 1. The number of aryl methyl sites for hydroxylation is 1. The molecule has 19 heavy (non-hydrogen) atoms. The van der Waals surface area contributed by atoms with Crippen LogP contribution in [0.5, 0.6) is 0 Å². The second-order valence-corrected chi connectivity index (χ2v) is 4.89. The molecular formula is C14H21ClN2O2. The Kier molecular flexibility index (Phi) is 5.63. The number of benzene rings is 1. The van der Waals surface area contributed by atoms with Gasteiger partial charge >= 0.3 is 0 Å². The zero-order chi connectivity index (χ0) is 13.1. The maximum atomic E-state index is 12.2. The average Bonchev–Trinajstić information content (AvgIpc) is 2.85. The number of hydrogen-bond donors (Lipinski definition) is 2. The molecule has 1 aliphatic rings.